The highest BCUT2D eigenvalue weighted by atomic mass is 16.1. The van der Waals surface area contributed by atoms with E-state index in [0.29, 0.717) is 35.5 Å². The standard InChI is InChI=1S/C29H38N4O/c1-7-32(20(3)4)25-13-9-22(10-14-25)17-23-18-28(27(30)19-29(23)34)31-24-11-15-26(16-12-24)33(8-2)21(5)6/h9-16,18-21H,7-8,17,30H2,1-6H3. The van der Waals surface area contributed by atoms with Crippen LogP contribution < -0.4 is 15.5 Å². The Morgan fingerprint density at radius 3 is 1.76 bits per heavy atom. The molecule has 0 saturated carbocycles. The van der Waals surface area contributed by atoms with Crippen LogP contribution in [0.1, 0.15) is 47.1 Å². The zero-order valence-corrected chi connectivity index (χ0v) is 21.4. The lowest BCUT2D eigenvalue weighted by Gasteiger charge is -2.27. The van der Waals surface area contributed by atoms with E-state index in [4.69, 9.17) is 10.7 Å². The molecule has 3 rings (SSSR count). The molecule has 5 heteroatoms. The van der Waals surface area contributed by atoms with Crippen molar-refractivity contribution in [1.82, 2.24) is 0 Å². The fourth-order valence-corrected chi connectivity index (χ4v) is 4.44. The van der Waals surface area contributed by atoms with E-state index in [9.17, 15) is 4.79 Å². The van der Waals surface area contributed by atoms with E-state index in [1.165, 1.54) is 17.5 Å². The molecule has 1 aliphatic rings. The second-order valence-corrected chi connectivity index (χ2v) is 9.25. The van der Waals surface area contributed by atoms with Crippen LogP contribution >= 0.6 is 0 Å². The molecule has 5 nitrogen and oxygen atoms in total. The Hall–Kier alpha value is -3.34. The molecule has 0 heterocycles. The van der Waals surface area contributed by atoms with Gasteiger partial charge >= 0.3 is 0 Å². The molecule has 0 saturated heterocycles. The number of benzene rings is 2. The number of carbonyl (C=O) groups excluding carboxylic acids is 1. The van der Waals surface area contributed by atoms with Crippen LogP contribution in [0, 0.1) is 0 Å². The molecule has 0 fully saturated rings. The Balaban J connectivity index is 1.80. The first-order chi connectivity index (χ1) is 16.2. The summed E-state index contributed by atoms with van der Waals surface area (Å²) in [5.41, 5.74) is 12.2. The van der Waals surface area contributed by atoms with Crippen molar-refractivity contribution in [2.24, 2.45) is 10.7 Å². The quantitative estimate of drug-likeness (QED) is 0.481. The lowest BCUT2D eigenvalue weighted by Crippen LogP contribution is -2.30. The van der Waals surface area contributed by atoms with Crippen molar-refractivity contribution in [3.63, 3.8) is 0 Å². The summed E-state index contributed by atoms with van der Waals surface area (Å²) in [6, 6.07) is 17.5. The lowest BCUT2D eigenvalue weighted by molar-refractivity contribution is -0.111. The smallest absolute Gasteiger partial charge is 0.184 e. The second-order valence-electron chi connectivity index (χ2n) is 9.25. The first kappa shape index (κ1) is 25.3. The SMILES string of the molecule is CCN(c1ccc(CC2=CC(=Nc3ccc(N(CC)C(C)C)cc3)C(N)=CC2=O)cc1)C(C)C. The minimum absolute atomic E-state index is 0.0521. The first-order valence-electron chi connectivity index (χ1n) is 12.3. The third kappa shape index (κ3) is 5.96. The van der Waals surface area contributed by atoms with Gasteiger partial charge in [0.2, 0.25) is 0 Å². The number of carbonyl (C=O) groups is 1. The number of hydrogen-bond donors (Lipinski definition) is 1. The highest BCUT2D eigenvalue weighted by molar-refractivity contribution is 6.22. The van der Waals surface area contributed by atoms with Gasteiger partial charge in [0.05, 0.1) is 17.1 Å². The molecule has 0 bridgehead atoms. The summed E-state index contributed by atoms with van der Waals surface area (Å²) >= 11 is 0. The van der Waals surface area contributed by atoms with Crippen LogP contribution in [-0.4, -0.2) is 36.7 Å². The van der Waals surface area contributed by atoms with Crippen LogP contribution in [0.3, 0.4) is 0 Å². The second kappa shape index (κ2) is 11.2. The highest BCUT2D eigenvalue weighted by Crippen LogP contribution is 2.24. The number of nitrogens with two attached hydrogens (primary N) is 1. The maximum absolute atomic E-state index is 12.6. The average Bonchev–Trinajstić information content (AvgIpc) is 2.79. The number of hydrogen-bond acceptors (Lipinski definition) is 5. The zero-order valence-electron chi connectivity index (χ0n) is 21.4. The fourth-order valence-electron chi connectivity index (χ4n) is 4.44. The van der Waals surface area contributed by atoms with Crippen LogP contribution in [0.4, 0.5) is 17.1 Å². The Morgan fingerprint density at radius 2 is 1.29 bits per heavy atom. The van der Waals surface area contributed by atoms with E-state index in [2.05, 4.69) is 87.7 Å². The van der Waals surface area contributed by atoms with Gasteiger partial charge in [-0.1, -0.05) is 12.1 Å². The molecule has 1 aliphatic carbocycles. The van der Waals surface area contributed by atoms with Gasteiger partial charge < -0.3 is 15.5 Å². The van der Waals surface area contributed by atoms with E-state index < -0.39 is 0 Å². The minimum atomic E-state index is -0.0521. The van der Waals surface area contributed by atoms with Gasteiger partial charge in [0.25, 0.3) is 0 Å². The number of rotatable bonds is 9. The molecule has 0 unspecified atom stereocenters. The third-order valence-electron chi connectivity index (χ3n) is 6.23. The molecule has 2 aromatic rings. The summed E-state index contributed by atoms with van der Waals surface area (Å²) in [6.07, 6.45) is 3.87. The lowest BCUT2D eigenvalue weighted by atomic mass is 9.94. The van der Waals surface area contributed by atoms with Crippen molar-refractivity contribution in [1.29, 1.82) is 0 Å². The topological polar surface area (TPSA) is 61.9 Å². The summed E-state index contributed by atoms with van der Waals surface area (Å²) in [5, 5.41) is 0. The van der Waals surface area contributed by atoms with Crippen LogP contribution in [0.25, 0.3) is 0 Å². The van der Waals surface area contributed by atoms with Gasteiger partial charge in [-0.05, 0) is 89.6 Å². The summed E-state index contributed by atoms with van der Waals surface area (Å²) < 4.78 is 0. The van der Waals surface area contributed by atoms with E-state index in [1.807, 2.05) is 18.2 Å². The van der Waals surface area contributed by atoms with Gasteiger partial charge in [-0.2, -0.15) is 0 Å². The number of nitrogens with zero attached hydrogens (tertiary/aromatic N) is 3. The van der Waals surface area contributed by atoms with Gasteiger partial charge in [0.1, 0.15) is 0 Å². The largest absolute Gasteiger partial charge is 0.397 e. The minimum Gasteiger partial charge on any atom is -0.397 e. The van der Waals surface area contributed by atoms with Crippen molar-refractivity contribution in [3.8, 4) is 0 Å². The molecule has 34 heavy (non-hydrogen) atoms. The number of ketones is 1. The fraction of sp³-hybridized carbons (Fsp3) is 0.379. The number of anilines is 2. The van der Waals surface area contributed by atoms with E-state index in [1.54, 1.807) is 0 Å². The van der Waals surface area contributed by atoms with E-state index in [-0.39, 0.29) is 5.78 Å². The molecule has 0 amide bonds. The molecular formula is C29H38N4O. The van der Waals surface area contributed by atoms with Crippen molar-refractivity contribution in [2.45, 2.75) is 60.0 Å². The summed E-state index contributed by atoms with van der Waals surface area (Å²) in [4.78, 5) is 22.0. The molecule has 0 aliphatic heterocycles. The Kier molecular flexibility index (Phi) is 8.32. The average molecular weight is 459 g/mol. The zero-order chi connectivity index (χ0) is 24.8. The molecule has 0 atom stereocenters. The van der Waals surface area contributed by atoms with Crippen LogP contribution in [0.2, 0.25) is 0 Å². The van der Waals surface area contributed by atoms with E-state index >= 15 is 0 Å². The summed E-state index contributed by atoms with van der Waals surface area (Å²) in [7, 11) is 0. The molecule has 180 valence electrons. The molecule has 2 N–H and O–H groups in total. The van der Waals surface area contributed by atoms with E-state index in [0.717, 1.165) is 24.3 Å². The summed E-state index contributed by atoms with van der Waals surface area (Å²) in [6.45, 7) is 15.0. The molecule has 2 aromatic carbocycles. The van der Waals surface area contributed by atoms with Crippen LogP contribution in [0.15, 0.2) is 76.9 Å². The van der Waals surface area contributed by atoms with Crippen molar-refractivity contribution in [2.75, 3.05) is 22.9 Å². The van der Waals surface area contributed by atoms with Crippen molar-refractivity contribution >= 4 is 28.6 Å². The Labute approximate surface area is 204 Å². The molecule has 0 radical (unpaired) electrons. The Bertz CT molecular complexity index is 1080. The third-order valence-corrected chi connectivity index (χ3v) is 6.23. The maximum atomic E-state index is 12.6. The van der Waals surface area contributed by atoms with Gasteiger partial charge in [0, 0.05) is 54.6 Å². The Morgan fingerprint density at radius 1 is 0.794 bits per heavy atom. The maximum Gasteiger partial charge on any atom is 0.184 e. The van der Waals surface area contributed by atoms with Gasteiger partial charge in [0.15, 0.2) is 5.78 Å². The highest BCUT2D eigenvalue weighted by Gasteiger charge is 2.18. The molecule has 0 spiro atoms. The van der Waals surface area contributed by atoms with Crippen LogP contribution in [0.5, 0.6) is 0 Å². The molecular weight excluding hydrogens is 420 g/mol. The molecule has 0 aromatic heterocycles. The number of aliphatic imine (C=N–C) groups is 1. The summed E-state index contributed by atoms with van der Waals surface area (Å²) in [5.74, 6) is -0.0521. The predicted molar refractivity (Wildman–Crippen MR) is 145 cm³/mol. The monoisotopic (exact) mass is 458 g/mol. The predicted octanol–water partition coefficient (Wildman–Crippen LogP) is 5.82. The number of allylic oxidation sites excluding steroid dienone is 3. The van der Waals surface area contributed by atoms with Gasteiger partial charge in [-0.15, -0.1) is 0 Å². The van der Waals surface area contributed by atoms with Crippen molar-refractivity contribution in [3.05, 3.63) is 77.5 Å². The van der Waals surface area contributed by atoms with Crippen molar-refractivity contribution < 1.29 is 4.79 Å². The first-order valence-corrected chi connectivity index (χ1v) is 12.3. The van der Waals surface area contributed by atoms with Crippen LogP contribution in [-0.2, 0) is 11.2 Å². The van der Waals surface area contributed by atoms with Gasteiger partial charge in [-0.25, -0.2) is 4.99 Å². The van der Waals surface area contributed by atoms with Gasteiger partial charge in [-0.3, -0.25) is 4.79 Å². The normalized spacial score (nSPS) is 15.1.